The van der Waals surface area contributed by atoms with E-state index < -0.39 is 5.97 Å². The van der Waals surface area contributed by atoms with Crippen molar-refractivity contribution >= 4 is 17.6 Å². The average molecular weight is 372 g/mol. The van der Waals surface area contributed by atoms with Gasteiger partial charge in [0.25, 0.3) is 0 Å². The molecule has 0 saturated carbocycles. The number of carbonyl (C=O) groups excluding carboxylic acids is 1. The van der Waals surface area contributed by atoms with Crippen molar-refractivity contribution < 1.29 is 19.7 Å². The number of aliphatic hydroxyl groups is 1. The third-order valence-electron chi connectivity index (χ3n) is 4.02. The first-order chi connectivity index (χ1) is 12.5. The number of phenols is 1. The Balaban J connectivity index is 2.17. The Kier molecular flexibility index (Phi) is 5.30. The highest BCUT2D eigenvalue weighted by atomic mass is 35.5. The van der Waals surface area contributed by atoms with Crippen LogP contribution in [0.3, 0.4) is 0 Å². The van der Waals surface area contributed by atoms with E-state index in [0.29, 0.717) is 22.0 Å². The Morgan fingerprint density at radius 3 is 2.54 bits per heavy atom. The van der Waals surface area contributed by atoms with E-state index in [9.17, 15) is 9.90 Å². The van der Waals surface area contributed by atoms with Gasteiger partial charge in [-0.3, -0.25) is 0 Å². The second-order valence-corrected chi connectivity index (χ2v) is 6.19. The summed E-state index contributed by atoms with van der Waals surface area (Å²) in [5.41, 5.74) is 3.41. The Labute approximate surface area is 156 Å². The Hall–Kier alpha value is -2.76. The minimum atomic E-state index is -0.509. The third kappa shape index (κ3) is 3.59. The minimum absolute atomic E-state index is 0.0636. The second-order valence-electron chi connectivity index (χ2n) is 5.75. The number of nitrogens with zero attached hydrogens (tertiary/aromatic N) is 1. The van der Waals surface area contributed by atoms with Crippen LogP contribution in [0.5, 0.6) is 5.75 Å². The van der Waals surface area contributed by atoms with Gasteiger partial charge in [-0.2, -0.15) is 0 Å². The number of benzene rings is 2. The highest BCUT2D eigenvalue weighted by molar-refractivity contribution is 6.30. The van der Waals surface area contributed by atoms with Crippen LogP contribution in [0, 0.1) is 6.92 Å². The number of hydrogen-bond acceptors (Lipinski definition) is 4. The van der Waals surface area contributed by atoms with Crippen LogP contribution in [-0.4, -0.2) is 34.0 Å². The van der Waals surface area contributed by atoms with E-state index in [4.69, 9.17) is 21.4 Å². The van der Waals surface area contributed by atoms with Crippen molar-refractivity contribution in [1.82, 2.24) is 4.57 Å². The number of ether oxygens (including phenoxy) is 1. The van der Waals surface area contributed by atoms with Gasteiger partial charge in [0.05, 0.1) is 17.9 Å². The zero-order chi connectivity index (χ0) is 18.7. The van der Waals surface area contributed by atoms with Crippen molar-refractivity contribution in [1.29, 1.82) is 0 Å². The summed E-state index contributed by atoms with van der Waals surface area (Å²) in [6.07, 6.45) is 0. The minimum Gasteiger partial charge on any atom is -0.508 e. The van der Waals surface area contributed by atoms with Crippen molar-refractivity contribution in [3.63, 3.8) is 0 Å². The van der Waals surface area contributed by atoms with E-state index in [1.54, 1.807) is 43.3 Å². The smallest absolute Gasteiger partial charge is 0.340 e. The van der Waals surface area contributed by atoms with Crippen LogP contribution in [0.1, 0.15) is 16.1 Å². The number of phenolic OH excluding ortho intramolecular Hbond substituents is 1. The topological polar surface area (TPSA) is 71.7 Å². The van der Waals surface area contributed by atoms with E-state index in [1.807, 2.05) is 22.8 Å². The molecule has 3 rings (SSSR count). The largest absolute Gasteiger partial charge is 0.508 e. The number of aromatic nitrogens is 1. The van der Waals surface area contributed by atoms with E-state index in [-0.39, 0.29) is 19.0 Å². The first-order valence-corrected chi connectivity index (χ1v) is 8.44. The van der Waals surface area contributed by atoms with Gasteiger partial charge < -0.3 is 19.5 Å². The molecule has 0 aliphatic carbocycles. The van der Waals surface area contributed by atoms with Crippen LogP contribution >= 0.6 is 11.6 Å². The molecule has 6 heteroatoms. The Morgan fingerprint density at radius 1 is 1.15 bits per heavy atom. The predicted octanol–water partition coefficient (Wildman–Crippen LogP) is 3.96. The molecule has 0 radical (unpaired) electrons. The van der Waals surface area contributed by atoms with Crippen molar-refractivity contribution in [2.75, 3.05) is 13.2 Å². The Bertz CT molecular complexity index is 931. The molecule has 134 valence electrons. The molecule has 0 aliphatic rings. The summed E-state index contributed by atoms with van der Waals surface area (Å²) in [6.45, 7) is 1.51. The van der Waals surface area contributed by atoms with E-state index in [2.05, 4.69) is 0 Å². The molecule has 0 saturated heterocycles. The summed E-state index contributed by atoms with van der Waals surface area (Å²) >= 11 is 5.98. The van der Waals surface area contributed by atoms with E-state index >= 15 is 0 Å². The number of aliphatic hydroxyl groups excluding tert-OH is 1. The molecule has 0 fully saturated rings. The number of esters is 1. The molecule has 0 unspecified atom stereocenters. The molecular weight excluding hydrogens is 354 g/mol. The zero-order valence-electron chi connectivity index (χ0n) is 14.1. The molecule has 3 aromatic rings. The first-order valence-electron chi connectivity index (χ1n) is 8.07. The van der Waals surface area contributed by atoms with Gasteiger partial charge in [-0.15, -0.1) is 0 Å². The van der Waals surface area contributed by atoms with Gasteiger partial charge in [0.15, 0.2) is 0 Å². The molecule has 0 atom stereocenters. The molecule has 26 heavy (non-hydrogen) atoms. The summed E-state index contributed by atoms with van der Waals surface area (Å²) in [5, 5.41) is 19.3. The number of halogens is 1. The Morgan fingerprint density at radius 2 is 1.88 bits per heavy atom. The highest BCUT2D eigenvalue weighted by Crippen LogP contribution is 2.31. The lowest BCUT2D eigenvalue weighted by molar-refractivity contribution is 0.0433. The quantitative estimate of drug-likeness (QED) is 0.666. The maximum absolute atomic E-state index is 12.4. The van der Waals surface area contributed by atoms with Gasteiger partial charge in [0, 0.05) is 22.5 Å². The normalized spacial score (nSPS) is 10.7. The molecule has 5 nitrogen and oxygen atoms in total. The van der Waals surface area contributed by atoms with Crippen LogP contribution in [0.2, 0.25) is 5.02 Å². The van der Waals surface area contributed by atoms with Crippen LogP contribution in [0.25, 0.3) is 16.9 Å². The SMILES string of the molecule is Cc1c(C(=O)OCCO)cc(-c2ccc(Cl)cc2)n1-c1cccc(O)c1. The maximum Gasteiger partial charge on any atom is 0.340 e. The molecule has 0 amide bonds. The van der Waals surface area contributed by atoms with Gasteiger partial charge in [-0.25, -0.2) is 4.79 Å². The van der Waals surface area contributed by atoms with Gasteiger partial charge in [0.1, 0.15) is 12.4 Å². The standard InChI is InChI=1S/C20H18ClNO4/c1-13-18(20(25)26-10-9-23)12-19(14-5-7-15(21)8-6-14)22(13)16-3-2-4-17(24)11-16/h2-8,11-12,23-24H,9-10H2,1H3. The van der Waals surface area contributed by atoms with E-state index in [1.165, 1.54) is 0 Å². The van der Waals surface area contributed by atoms with Crippen LogP contribution < -0.4 is 0 Å². The van der Waals surface area contributed by atoms with Gasteiger partial charge in [0.2, 0.25) is 0 Å². The van der Waals surface area contributed by atoms with Crippen molar-refractivity contribution in [2.45, 2.75) is 6.92 Å². The van der Waals surface area contributed by atoms with Crippen LogP contribution in [0.4, 0.5) is 0 Å². The summed E-state index contributed by atoms with van der Waals surface area (Å²) in [4.78, 5) is 12.4. The molecule has 2 aromatic carbocycles. The highest BCUT2D eigenvalue weighted by Gasteiger charge is 2.20. The monoisotopic (exact) mass is 371 g/mol. The molecule has 2 N–H and O–H groups in total. The number of hydrogen-bond donors (Lipinski definition) is 2. The predicted molar refractivity (Wildman–Crippen MR) is 100.0 cm³/mol. The van der Waals surface area contributed by atoms with Crippen LogP contribution in [0.15, 0.2) is 54.6 Å². The fraction of sp³-hybridized carbons (Fsp3) is 0.150. The van der Waals surface area contributed by atoms with Gasteiger partial charge in [-0.1, -0.05) is 29.8 Å². The van der Waals surface area contributed by atoms with Gasteiger partial charge in [-0.05, 0) is 42.8 Å². The molecule has 0 aliphatic heterocycles. The average Bonchev–Trinajstić information content (AvgIpc) is 2.97. The van der Waals surface area contributed by atoms with Crippen molar-refractivity contribution in [2.24, 2.45) is 0 Å². The molecule has 0 bridgehead atoms. The summed E-state index contributed by atoms with van der Waals surface area (Å²) in [5.74, 6) is -0.382. The lowest BCUT2D eigenvalue weighted by Crippen LogP contribution is -2.10. The summed E-state index contributed by atoms with van der Waals surface area (Å²) in [6, 6.07) is 15.8. The van der Waals surface area contributed by atoms with Crippen LogP contribution in [-0.2, 0) is 4.74 Å². The number of aromatic hydroxyl groups is 1. The lowest BCUT2D eigenvalue weighted by Gasteiger charge is -2.13. The van der Waals surface area contributed by atoms with E-state index in [0.717, 1.165) is 11.3 Å². The maximum atomic E-state index is 12.4. The number of rotatable bonds is 5. The second kappa shape index (κ2) is 7.64. The van der Waals surface area contributed by atoms with Crippen molar-refractivity contribution in [3.05, 3.63) is 70.9 Å². The van der Waals surface area contributed by atoms with Gasteiger partial charge >= 0.3 is 5.97 Å². The zero-order valence-corrected chi connectivity index (χ0v) is 14.9. The first kappa shape index (κ1) is 18.0. The molecule has 1 aromatic heterocycles. The lowest BCUT2D eigenvalue weighted by atomic mass is 10.1. The molecular formula is C20H18ClNO4. The van der Waals surface area contributed by atoms with Crippen molar-refractivity contribution in [3.8, 4) is 22.7 Å². The fourth-order valence-corrected chi connectivity index (χ4v) is 2.95. The third-order valence-corrected chi connectivity index (χ3v) is 4.27. The summed E-state index contributed by atoms with van der Waals surface area (Å²) < 4.78 is 6.94. The molecule has 1 heterocycles. The molecule has 0 spiro atoms. The fourth-order valence-electron chi connectivity index (χ4n) is 2.83. The summed E-state index contributed by atoms with van der Waals surface area (Å²) in [7, 11) is 0. The number of carbonyl (C=O) groups is 1.